The summed E-state index contributed by atoms with van der Waals surface area (Å²) in [5.74, 6) is 2.66. The summed E-state index contributed by atoms with van der Waals surface area (Å²) in [6.07, 6.45) is 1.92. The molecule has 5 heteroatoms. The molecule has 5 aromatic rings. The summed E-state index contributed by atoms with van der Waals surface area (Å²) in [4.78, 5) is 4.86. The molecule has 1 aromatic heterocycles. The summed E-state index contributed by atoms with van der Waals surface area (Å²) < 4.78 is 14.4. The Morgan fingerprint density at radius 2 is 1.55 bits per heavy atom. The number of hydrogen-bond acceptors (Lipinski definition) is 3. The van der Waals surface area contributed by atoms with Gasteiger partial charge in [0.15, 0.2) is 0 Å². The third kappa shape index (κ3) is 4.96. The van der Waals surface area contributed by atoms with E-state index in [1.165, 1.54) is 5.39 Å². The summed E-state index contributed by atoms with van der Waals surface area (Å²) in [6.45, 7) is 1.94. The van der Waals surface area contributed by atoms with Crippen LogP contribution in [-0.2, 0) is 13.2 Å². The Morgan fingerprint density at radius 3 is 2.45 bits per heavy atom. The Labute approximate surface area is 198 Å². The molecular formula is C28H25ClN2O2. The van der Waals surface area contributed by atoms with E-state index in [0.29, 0.717) is 18.2 Å². The Morgan fingerprint density at radius 1 is 0.758 bits per heavy atom. The number of aryl methyl sites for hydroxylation is 1. The largest absolute Gasteiger partial charge is 0.494 e. The van der Waals surface area contributed by atoms with Gasteiger partial charge in [-0.05, 0) is 60.7 Å². The highest BCUT2D eigenvalue weighted by atomic mass is 35.5. The topological polar surface area (TPSA) is 36.3 Å². The van der Waals surface area contributed by atoms with Gasteiger partial charge >= 0.3 is 0 Å². The van der Waals surface area contributed by atoms with Crippen molar-refractivity contribution < 1.29 is 9.47 Å². The molecule has 4 nitrogen and oxygen atoms in total. The first-order valence-electron chi connectivity index (χ1n) is 11.2. The summed E-state index contributed by atoms with van der Waals surface area (Å²) in [6, 6.07) is 30.2. The highest BCUT2D eigenvalue weighted by molar-refractivity contribution is 6.30. The minimum Gasteiger partial charge on any atom is -0.494 e. The van der Waals surface area contributed by atoms with Crippen LogP contribution in [0.15, 0.2) is 91.0 Å². The molecule has 0 unspecified atom stereocenters. The number of imidazole rings is 1. The predicted octanol–water partition coefficient (Wildman–Crippen LogP) is 7.28. The third-order valence-electron chi connectivity index (χ3n) is 5.70. The third-order valence-corrected chi connectivity index (χ3v) is 5.95. The van der Waals surface area contributed by atoms with Crippen molar-refractivity contribution in [3.8, 4) is 11.5 Å². The lowest BCUT2D eigenvalue weighted by Crippen LogP contribution is -2.09. The van der Waals surface area contributed by atoms with Crippen molar-refractivity contribution in [2.75, 3.05) is 6.61 Å². The number of fused-ring (bicyclic) bond motifs is 2. The minimum atomic E-state index is 0.421. The van der Waals surface area contributed by atoms with Crippen LogP contribution < -0.4 is 9.47 Å². The van der Waals surface area contributed by atoms with E-state index in [1.54, 1.807) is 0 Å². The molecule has 33 heavy (non-hydrogen) atoms. The molecule has 4 aromatic carbocycles. The van der Waals surface area contributed by atoms with Crippen molar-refractivity contribution in [2.45, 2.75) is 26.0 Å². The van der Waals surface area contributed by atoms with Gasteiger partial charge in [-0.15, -0.1) is 0 Å². The fraction of sp³-hybridized carbons (Fsp3) is 0.179. The van der Waals surface area contributed by atoms with Gasteiger partial charge in [-0.2, -0.15) is 0 Å². The fourth-order valence-corrected chi connectivity index (χ4v) is 4.17. The molecule has 0 spiro atoms. The molecule has 0 amide bonds. The van der Waals surface area contributed by atoms with Crippen LogP contribution in [0.5, 0.6) is 11.5 Å². The van der Waals surface area contributed by atoms with Crippen molar-refractivity contribution in [3.05, 3.63) is 102 Å². The fourth-order valence-electron chi connectivity index (χ4n) is 4.04. The molecule has 0 aliphatic carbocycles. The first-order valence-corrected chi connectivity index (χ1v) is 11.6. The predicted molar refractivity (Wildman–Crippen MR) is 134 cm³/mol. The Bertz CT molecular complexity index is 1360. The van der Waals surface area contributed by atoms with Crippen LogP contribution in [0.25, 0.3) is 21.8 Å². The molecule has 0 N–H and O–H groups in total. The lowest BCUT2D eigenvalue weighted by Gasteiger charge is -2.12. The quantitative estimate of drug-likeness (QED) is 0.219. The molecule has 5 rings (SSSR count). The van der Waals surface area contributed by atoms with Crippen LogP contribution in [-0.4, -0.2) is 16.2 Å². The number of halogens is 1. The maximum Gasteiger partial charge on any atom is 0.147 e. The maximum atomic E-state index is 6.25. The van der Waals surface area contributed by atoms with Gasteiger partial charge in [-0.25, -0.2) is 4.98 Å². The van der Waals surface area contributed by atoms with Crippen LogP contribution >= 0.6 is 11.6 Å². The zero-order chi connectivity index (χ0) is 22.5. The number of hydrogen-bond donors (Lipinski definition) is 0. The average Bonchev–Trinajstić information content (AvgIpc) is 3.21. The first kappa shape index (κ1) is 21.4. The number of unbranched alkanes of at least 4 members (excludes halogenated alkanes) is 1. The summed E-state index contributed by atoms with van der Waals surface area (Å²) in [5.41, 5.74) is 2.12. The second-order valence-electron chi connectivity index (χ2n) is 7.94. The normalized spacial score (nSPS) is 11.2. The van der Waals surface area contributed by atoms with Crippen molar-refractivity contribution in [3.63, 3.8) is 0 Å². The van der Waals surface area contributed by atoms with Gasteiger partial charge < -0.3 is 14.0 Å². The molecule has 0 aliphatic heterocycles. The number of aromatic nitrogens is 2. The average molecular weight is 457 g/mol. The molecule has 0 radical (unpaired) electrons. The van der Waals surface area contributed by atoms with Crippen molar-refractivity contribution in [1.29, 1.82) is 0 Å². The highest BCUT2D eigenvalue weighted by Crippen LogP contribution is 2.26. The van der Waals surface area contributed by atoms with Crippen molar-refractivity contribution >= 4 is 33.4 Å². The lowest BCUT2D eigenvalue weighted by atomic mass is 10.1. The number of benzene rings is 4. The monoisotopic (exact) mass is 456 g/mol. The van der Waals surface area contributed by atoms with E-state index in [2.05, 4.69) is 41.0 Å². The molecule has 0 saturated carbocycles. The molecule has 0 atom stereocenters. The molecule has 0 fully saturated rings. The maximum absolute atomic E-state index is 6.25. The molecule has 0 aliphatic rings. The SMILES string of the molecule is Clc1ccc(OCCCCn2c(COc3cccc4ccccc34)nc3ccccc32)cc1. The van der Waals surface area contributed by atoms with Crippen LogP contribution in [0.2, 0.25) is 5.02 Å². The van der Waals surface area contributed by atoms with E-state index in [1.807, 2.05) is 54.6 Å². The van der Waals surface area contributed by atoms with Gasteiger partial charge in [-0.1, -0.05) is 60.1 Å². The summed E-state index contributed by atoms with van der Waals surface area (Å²) in [7, 11) is 0. The zero-order valence-electron chi connectivity index (χ0n) is 18.3. The summed E-state index contributed by atoms with van der Waals surface area (Å²) in [5, 5.41) is 3.00. The molecule has 1 heterocycles. The van der Waals surface area contributed by atoms with E-state index >= 15 is 0 Å². The Balaban J connectivity index is 1.26. The van der Waals surface area contributed by atoms with Crippen LogP contribution in [0.1, 0.15) is 18.7 Å². The Kier molecular flexibility index (Phi) is 6.45. The minimum absolute atomic E-state index is 0.421. The van der Waals surface area contributed by atoms with E-state index in [0.717, 1.165) is 53.1 Å². The van der Waals surface area contributed by atoms with E-state index in [-0.39, 0.29) is 0 Å². The highest BCUT2D eigenvalue weighted by Gasteiger charge is 2.12. The zero-order valence-corrected chi connectivity index (χ0v) is 19.0. The number of ether oxygens (including phenoxy) is 2. The van der Waals surface area contributed by atoms with Crippen molar-refractivity contribution in [1.82, 2.24) is 9.55 Å². The molecule has 0 saturated heterocycles. The van der Waals surface area contributed by atoms with Gasteiger partial charge in [0.25, 0.3) is 0 Å². The van der Waals surface area contributed by atoms with Gasteiger partial charge in [0.2, 0.25) is 0 Å². The molecule has 0 bridgehead atoms. The molecular weight excluding hydrogens is 432 g/mol. The van der Waals surface area contributed by atoms with Gasteiger partial charge in [0.05, 0.1) is 17.6 Å². The second-order valence-corrected chi connectivity index (χ2v) is 8.38. The number of para-hydroxylation sites is 2. The second kappa shape index (κ2) is 9.97. The van der Waals surface area contributed by atoms with Crippen molar-refractivity contribution in [2.24, 2.45) is 0 Å². The van der Waals surface area contributed by atoms with E-state index < -0.39 is 0 Å². The van der Waals surface area contributed by atoms with Gasteiger partial charge in [-0.3, -0.25) is 0 Å². The Hall–Kier alpha value is -3.50. The van der Waals surface area contributed by atoms with Gasteiger partial charge in [0, 0.05) is 17.0 Å². The lowest BCUT2D eigenvalue weighted by molar-refractivity contribution is 0.287. The number of rotatable bonds is 9. The summed E-state index contributed by atoms with van der Waals surface area (Å²) >= 11 is 5.93. The van der Waals surface area contributed by atoms with Gasteiger partial charge in [0.1, 0.15) is 23.9 Å². The van der Waals surface area contributed by atoms with Crippen LogP contribution in [0.3, 0.4) is 0 Å². The first-order chi connectivity index (χ1) is 16.3. The van der Waals surface area contributed by atoms with E-state index in [4.69, 9.17) is 26.1 Å². The van der Waals surface area contributed by atoms with Crippen LogP contribution in [0.4, 0.5) is 0 Å². The standard InChI is InChI=1S/C28H25ClN2O2/c29-22-14-16-23(17-15-22)32-19-6-5-18-31-26-12-4-3-11-25(26)30-28(31)20-33-27-13-7-9-21-8-1-2-10-24(21)27/h1-4,7-17H,5-6,18-20H2. The number of nitrogens with zero attached hydrogens (tertiary/aromatic N) is 2. The molecule has 166 valence electrons. The van der Waals surface area contributed by atoms with Crippen LogP contribution in [0, 0.1) is 0 Å². The van der Waals surface area contributed by atoms with E-state index in [9.17, 15) is 0 Å². The smallest absolute Gasteiger partial charge is 0.147 e.